The molecule has 6 nitrogen and oxygen atoms in total. The first-order chi connectivity index (χ1) is 16.4. The summed E-state index contributed by atoms with van der Waals surface area (Å²) in [6, 6.07) is 9.17. The van der Waals surface area contributed by atoms with Gasteiger partial charge in [-0.2, -0.15) is 4.31 Å². The summed E-state index contributed by atoms with van der Waals surface area (Å²) in [6.07, 6.45) is 5.18. The first kappa shape index (κ1) is 25.4. The van der Waals surface area contributed by atoms with Crippen molar-refractivity contribution in [2.24, 2.45) is 0 Å². The number of hydrogen-bond donors (Lipinski definition) is 0. The largest absolute Gasteiger partial charge is 1.00 e. The highest BCUT2D eigenvalue weighted by molar-refractivity contribution is 7.90. The minimum absolute atomic E-state index is 0. The van der Waals surface area contributed by atoms with Gasteiger partial charge in [0.15, 0.2) is 0 Å². The number of aryl methyl sites for hydroxylation is 2. The maximum absolute atomic E-state index is 12.6. The average molecular weight is 625 g/mol. The first-order valence-corrected chi connectivity index (χ1v) is 15.0. The lowest BCUT2D eigenvalue weighted by Crippen LogP contribution is -3.00. The summed E-state index contributed by atoms with van der Waals surface area (Å²) in [4.78, 5) is 8.75. The summed E-state index contributed by atoms with van der Waals surface area (Å²) in [7, 11) is -3.08. The summed E-state index contributed by atoms with van der Waals surface area (Å²) >= 11 is 1.84. The maximum Gasteiger partial charge on any atom is 0.217 e. The molecule has 188 valence electrons. The molecule has 5 aliphatic rings. The van der Waals surface area contributed by atoms with Gasteiger partial charge in [0.05, 0.1) is 26.0 Å². The van der Waals surface area contributed by atoms with Gasteiger partial charge in [-0.25, -0.2) is 18.0 Å². The number of piperazine rings is 1. The van der Waals surface area contributed by atoms with Crippen LogP contribution in [0.5, 0.6) is 0 Å². The zero-order chi connectivity index (χ0) is 23.4. The molecule has 2 saturated heterocycles. The van der Waals surface area contributed by atoms with Crippen LogP contribution >= 0.6 is 11.3 Å². The molecule has 0 spiro atoms. The Balaban J connectivity index is 0.00000253. The molecule has 1 saturated carbocycles. The fourth-order valence-corrected chi connectivity index (χ4v) is 8.42. The van der Waals surface area contributed by atoms with E-state index < -0.39 is 10.0 Å². The van der Waals surface area contributed by atoms with E-state index in [2.05, 4.69) is 47.6 Å². The molecular formula is C26H33IN4O2S2. The molecule has 0 amide bonds. The molecule has 9 heteroatoms. The van der Waals surface area contributed by atoms with Crippen LogP contribution in [-0.4, -0.2) is 62.2 Å². The van der Waals surface area contributed by atoms with Gasteiger partial charge in [-0.15, -0.1) is 11.3 Å². The summed E-state index contributed by atoms with van der Waals surface area (Å²) < 4.78 is 30.7. The van der Waals surface area contributed by atoms with Crippen LogP contribution in [0.25, 0.3) is 20.8 Å². The van der Waals surface area contributed by atoms with Crippen molar-refractivity contribution >= 4 is 37.3 Å². The number of aromatic nitrogens is 1. The van der Waals surface area contributed by atoms with Gasteiger partial charge in [0.25, 0.3) is 0 Å². The predicted octanol–water partition coefficient (Wildman–Crippen LogP) is 0.456. The topological polar surface area (TPSA) is 56.5 Å². The molecule has 1 aromatic rings. The van der Waals surface area contributed by atoms with Crippen LogP contribution in [0.4, 0.5) is 5.69 Å². The monoisotopic (exact) mass is 624 g/mol. The van der Waals surface area contributed by atoms with Crippen molar-refractivity contribution in [3.8, 4) is 10.6 Å². The van der Waals surface area contributed by atoms with E-state index in [1.165, 1.54) is 44.6 Å². The zero-order valence-electron chi connectivity index (χ0n) is 20.5. The quantitative estimate of drug-likeness (QED) is 0.241. The summed E-state index contributed by atoms with van der Waals surface area (Å²) in [5, 5.41) is 1.21. The minimum atomic E-state index is -3.08. The fraction of sp³-hybridized carbons (Fsp3) is 0.538. The number of anilines is 1. The van der Waals surface area contributed by atoms with E-state index >= 15 is 0 Å². The lowest BCUT2D eigenvalue weighted by Gasteiger charge is -2.35. The van der Waals surface area contributed by atoms with Crippen molar-refractivity contribution < 1.29 is 32.4 Å². The van der Waals surface area contributed by atoms with Crippen LogP contribution in [0.1, 0.15) is 43.7 Å². The highest BCUT2D eigenvalue weighted by Crippen LogP contribution is 2.36. The Labute approximate surface area is 229 Å². The van der Waals surface area contributed by atoms with Crippen molar-refractivity contribution in [3.05, 3.63) is 40.7 Å². The highest BCUT2D eigenvalue weighted by Gasteiger charge is 2.41. The summed E-state index contributed by atoms with van der Waals surface area (Å²) in [5.74, 6) is 0. The molecule has 1 aromatic carbocycles. The molecule has 3 fully saturated rings. The number of fused-ring (bicyclic) bond motifs is 2. The fourth-order valence-electron chi connectivity index (χ4n) is 5.42. The molecule has 0 unspecified atom stereocenters. The maximum atomic E-state index is 12.6. The third-order valence-electron chi connectivity index (χ3n) is 7.59. The molecule has 0 radical (unpaired) electrons. The van der Waals surface area contributed by atoms with E-state index in [4.69, 9.17) is 4.98 Å². The number of halogens is 1. The number of benzene rings is 2. The van der Waals surface area contributed by atoms with Crippen LogP contribution in [0, 0.1) is 6.92 Å². The summed E-state index contributed by atoms with van der Waals surface area (Å²) in [6.45, 7) is 9.29. The van der Waals surface area contributed by atoms with Gasteiger partial charge < -0.3 is 28.9 Å². The number of rotatable bonds is 4. The molecule has 0 atom stereocenters. The lowest BCUT2D eigenvalue weighted by atomic mass is 10.1. The van der Waals surface area contributed by atoms with E-state index in [1.807, 2.05) is 11.3 Å². The van der Waals surface area contributed by atoms with Gasteiger partial charge in [-0.1, -0.05) is 6.92 Å². The molecule has 3 aliphatic heterocycles. The minimum Gasteiger partial charge on any atom is -1.00 e. The molecular weight excluding hydrogens is 591 g/mol. The van der Waals surface area contributed by atoms with Crippen molar-refractivity contribution in [3.63, 3.8) is 0 Å². The standard InChI is InChI=1S/C26H33N4O2S2.HI/c1-3-19-15-21(28-8-4-5-9-28)17-24-26(19)27-25-18(2)14-20(16-23(25)33-24)29-10-12-30(13-11-29)34(31,32)22-6-7-22;/h14-17,22H,3-13H2,1-2H3;1H/q+1;/p-1. The molecule has 2 aliphatic carbocycles. The highest BCUT2D eigenvalue weighted by atomic mass is 127. The Hall–Kier alpha value is -1.30. The Morgan fingerprint density at radius 3 is 2.43 bits per heavy atom. The second kappa shape index (κ2) is 9.87. The van der Waals surface area contributed by atoms with Crippen LogP contribution < -0.4 is 38.8 Å². The SMILES string of the molecule is CCc1cc(=[N+]2CCCC2)cc2sc3cc(N4CCN(S(=O)(=O)C5CC5)CC4)cc(C)c3nc1-2.[I-]. The van der Waals surface area contributed by atoms with Gasteiger partial charge in [0, 0.05) is 56.8 Å². The molecule has 0 aromatic heterocycles. The third-order valence-corrected chi connectivity index (χ3v) is 11.1. The average Bonchev–Trinajstić information content (AvgIpc) is 3.58. The smallest absolute Gasteiger partial charge is 0.217 e. The number of hydrogen-bond acceptors (Lipinski definition) is 5. The third kappa shape index (κ3) is 4.73. The van der Waals surface area contributed by atoms with Crippen LogP contribution in [0.2, 0.25) is 0 Å². The van der Waals surface area contributed by atoms with E-state index in [-0.39, 0.29) is 29.2 Å². The number of sulfonamides is 1. The Kier molecular flexibility index (Phi) is 7.15. The molecule has 0 bridgehead atoms. The molecule has 0 N–H and O–H groups in total. The van der Waals surface area contributed by atoms with Gasteiger partial charge >= 0.3 is 0 Å². The van der Waals surface area contributed by atoms with E-state index in [9.17, 15) is 8.42 Å². The lowest BCUT2D eigenvalue weighted by molar-refractivity contribution is -0.00000936. The van der Waals surface area contributed by atoms with Gasteiger partial charge in [0.1, 0.15) is 13.1 Å². The second-order valence-corrected chi connectivity index (χ2v) is 13.2. The Morgan fingerprint density at radius 1 is 1.06 bits per heavy atom. The predicted molar refractivity (Wildman–Crippen MR) is 140 cm³/mol. The van der Waals surface area contributed by atoms with Gasteiger partial charge in [-0.05, 0) is 49.4 Å². The number of nitrogens with zero attached hydrogens (tertiary/aromatic N) is 4. The molecule has 35 heavy (non-hydrogen) atoms. The Bertz CT molecular complexity index is 1400. The van der Waals surface area contributed by atoms with Gasteiger partial charge in [0.2, 0.25) is 15.4 Å². The zero-order valence-corrected chi connectivity index (χ0v) is 24.3. The van der Waals surface area contributed by atoms with Crippen LogP contribution in [-0.2, 0) is 16.4 Å². The van der Waals surface area contributed by atoms with Gasteiger partial charge in [-0.3, -0.25) is 0 Å². The van der Waals surface area contributed by atoms with Crippen molar-refractivity contribution in [1.82, 2.24) is 13.9 Å². The molecule has 6 rings (SSSR count). The first-order valence-electron chi connectivity index (χ1n) is 12.6. The Morgan fingerprint density at radius 2 is 1.77 bits per heavy atom. The van der Waals surface area contributed by atoms with Crippen molar-refractivity contribution in [1.29, 1.82) is 0 Å². The van der Waals surface area contributed by atoms with E-state index in [0.717, 1.165) is 56.7 Å². The van der Waals surface area contributed by atoms with E-state index in [1.54, 1.807) is 4.31 Å². The second-order valence-electron chi connectivity index (χ2n) is 9.95. The van der Waals surface area contributed by atoms with Crippen molar-refractivity contribution in [2.75, 3.05) is 44.2 Å². The normalized spacial score (nSPS) is 19.5. The van der Waals surface area contributed by atoms with Crippen LogP contribution in [0.15, 0.2) is 24.3 Å². The summed E-state index contributed by atoms with van der Waals surface area (Å²) in [5.41, 5.74) is 5.91. The van der Waals surface area contributed by atoms with E-state index in [0.29, 0.717) is 13.1 Å². The van der Waals surface area contributed by atoms with Crippen LogP contribution in [0.3, 0.4) is 0 Å². The molecule has 3 heterocycles. The van der Waals surface area contributed by atoms with Crippen molar-refractivity contribution in [2.45, 2.75) is 51.2 Å².